The minimum atomic E-state index is -0.151. The van der Waals surface area contributed by atoms with E-state index >= 15 is 0 Å². The predicted octanol–water partition coefficient (Wildman–Crippen LogP) is 2.66. The quantitative estimate of drug-likeness (QED) is 0.889. The topological polar surface area (TPSA) is 53.7 Å². The fourth-order valence-electron chi connectivity index (χ4n) is 1.80. The highest BCUT2D eigenvalue weighted by molar-refractivity contribution is 5.44. The molecule has 0 spiro atoms. The second kappa shape index (κ2) is 5.80. The van der Waals surface area contributed by atoms with E-state index in [9.17, 15) is 0 Å². The van der Waals surface area contributed by atoms with Crippen LogP contribution in [0.3, 0.4) is 0 Å². The highest BCUT2D eigenvalue weighted by atomic mass is 16.6. The van der Waals surface area contributed by atoms with E-state index in [0.717, 1.165) is 23.5 Å². The standard InChI is InChI=1S/C15H23NO3/c1-4-15(2,3)19-10-12(16)11-5-6-13-14(9-11)18-8-7-17-13/h5-6,9,12H,4,7-8,10,16H2,1-3H3. The van der Waals surface area contributed by atoms with Crippen LogP contribution in [0.25, 0.3) is 0 Å². The second-order valence-electron chi connectivity index (χ2n) is 5.43. The Labute approximate surface area is 114 Å². The van der Waals surface area contributed by atoms with Crippen molar-refractivity contribution in [3.8, 4) is 11.5 Å². The molecule has 1 heterocycles. The maximum Gasteiger partial charge on any atom is 0.161 e. The summed E-state index contributed by atoms with van der Waals surface area (Å²) in [5, 5.41) is 0. The van der Waals surface area contributed by atoms with Gasteiger partial charge >= 0.3 is 0 Å². The van der Waals surface area contributed by atoms with Crippen LogP contribution in [0.5, 0.6) is 11.5 Å². The van der Waals surface area contributed by atoms with Gasteiger partial charge in [0.2, 0.25) is 0 Å². The number of ether oxygens (including phenoxy) is 3. The third-order valence-electron chi connectivity index (χ3n) is 3.50. The summed E-state index contributed by atoms with van der Waals surface area (Å²) >= 11 is 0. The third kappa shape index (κ3) is 3.61. The molecule has 2 N–H and O–H groups in total. The molecule has 1 atom stereocenters. The molecule has 4 nitrogen and oxygen atoms in total. The molecule has 1 aliphatic heterocycles. The Kier molecular flexibility index (Phi) is 4.32. The summed E-state index contributed by atoms with van der Waals surface area (Å²) in [5.41, 5.74) is 7.05. The van der Waals surface area contributed by atoms with Gasteiger partial charge in [-0.1, -0.05) is 13.0 Å². The lowest BCUT2D eigenvalue weighted by Gasteiger charge is -2.26. The number of benzene rings is 1. The minimum Gasteiger partial charge on any atom is -0.486 e. The van der Waals surface area contributed by atoms with E-state index in [-0.39, 0.29) is 11.6 Å². The molecule has 0 aromatic heterocycles. The maximum atomic E-state index is 6.17. The fourth-order valence-corrected chi connectivity index (χ4v) is 1.80. The molecule has 1 unspecified atom stereocenters. The Balaban J connectivity index is 2.01. The molecular weight excluding hydrogens is 242 g/mol. The first-order valence-corrected chi connectivity index (χ1v) is 6.81. The van der Waals surface area contributed by atoms with Crippen molar-refractivity contribution < 1.29 is 14.2 Å². The Morgan fingerprint density at radius 2 is 1.95 bits per heavy atom. The lowest BCUT2D eigenvalue weighted by Crippen LogP contribution is -2.28. The van der Waals surface area contributed by atoms with Gasteiger partial charge in [0.05, 0.1) is 18.2 Å². The van der Waals surface area contributed by atoms with E-state index in [1.165, 1.54) is 0 Å². The Morgan fingerprint density at radius 1 is 1.26 bits per heavy atom. The van der Waals surface area contributed by atoms with Crippen LogP contribution in [-0.4, -0.2) is 25.4 Å². The van der Waals surface area contributed by atoms with Gasteiger partial charge in [0.1, 0.15) is 13.2 Å². The van der Waals surface area contributed by atoms with Crippen LogP contribution in [0.1, 0.15) is 38.8 Å². The Hall–Kier alpha value is -1.26. The highest BCUT2D eigenvalue weighted by Gasteiger charge is 2.19. The zero-order valence-corrected chi connectivity index (χ0v) is 11.9. The van der Waals surface area contributed by atoms with Crippen molar-refractivity contribution in [3.05, 3.63) is 23.8 Å². The number of rotatable bonds is 5. The lowest BCUT2D eigenvalue weighted by molar-refractivity contribution is -0.0267. The van der Waals surface area contributed by atoms with Crippen molar-refractivity contribution in [2.75, 3.05) is 19.8 Å². The molecule has 0 saturated carbocycles. The van der Waals surface area contributed by atoms with Crippen LogP contribution < -0.4 is 15.2 Å². The van der Waals surface area contributed by atoms with Crippen LogP contribution in [0.2, 0.25) is 0 Å². The molecule has 4 heteroatoms. The molecule has 1 aliphatic rings. The number of nitrogens with two attached hydrogens (primary N) is 1. The van der Waals surface area contributed by atoms with Gasteiger partial charge in [-0.2, -0.15) is 0 Å². The van der Waals surface area contributed by atoms with Crippen molar-refractivity contribution in [2.45, 2.75) is 38.8 Å². The highest BCUT2D eigenvalue weighted by Crippen LogP contribution is 2.32. The summed E-state index contributed by atoms with van der Waals surface area (Å²) < 4.78 is 16.9. The SMILES string of the molecule is CCC(C)(C)OCC(N)c1ccc2c(c1)OCCO2. The smallest absolute Gasteiger partial charge is 0.161 e. The first-order valence-electron chi connectivity index (χ1n) is 6.81. The molecule has 0 radical (unpaired) electrons. The summed E-state index contributed by atoms with van der Waals surface area (Å²) in [6.07, 6.45) is 0.959. The van der Waals surface area contributed by atoms with Crippen molar-refractivity contribution in [3.63, 3.8) is 0 Å². The second-order valence-corrected chi connectivity index (χ2v) is 5.43. The van der Waals surface area contributed by atoms with Crippen LogP contribution in [0.15, 0.2) is 18.2 Å². The zero-order valence-electron chi connectivity index (χ0n) is 11.9. The molecule has 0 saturated heterocycles. The van der Waals surface area contributed by atoms with Gasteiger partial charge in [-0.15, -0.1) is 0 Å². The average molecular weight is 265 g/mol. The van der Waals surface area contributed by atoms with E-state index in [2.05, 4.69) is 20.8 Å². The molecular formula is C15H23NO3. The van der Waals surface area contributed by atoms with Crippen LogP contribution in [0, 0.1) is 0 Å². The monoisotopic (exact) mass is 265 g/mol. The van der Waals surface area contributed by atoms with Gasteiger partial charge in [-0.25, -0.2) is 0 Å². The first-order chi connectivity index (χ1) is 9.02. The van der Waals surface area contributed by atoms with Crippen molar-refractivity contribution in [1.82, 2.24) is 0 Å². The van der Waals surface area contributed by atoms with Crippen molar-refractivity contribution in [1.29, 1.82) is 0 Å². The van der Waals surface area contributed by atoms with E-state index in [0.29, 0.717) is 19.8 Å². The lowest BCUT2D eigenvalue weighted by atomic mass is 10.1. The van der Waals surface area contributed by atoms with Gasteiger partial charge in [0.15, 0.2) is 11.5 Å². The number of hydrogen-bond acceptors (Lipinski definition) is 4. The predicted molar refractivity (Wildman–Crippen MR) is 74.7 cm³/mol. The molecule has 2 rings (SSSR count). The van der Waals surface area contributed by atoms with Gasteiger partial charge < -0.3 is 19.9 Å². The van der Waals surface area contributed by atoms with Crippen molar-refractivity contribution in [2.24, 2.45) is 5.73 Å². The minimum absolute atomic E-state index is 0.133. The molecule has 0 aliphatic carbocycles. The largest absolute Gasteiger partial charge is 0.486 e. The van der Waals surface area contributed by atoms with Gasteiger partial charge in [0, 0.05) is 0 Å². The number of hydrogen-bond donors (Lipinski definition) is 1. The van der Waals surface area contributed by atoms with Crippen molar-refractivity contribution >= 4 is 0 Å². The summed E-state index contributed by atoms with van der Waals surface area (Å²) in [4.78, 5) is 0. The molecule has 1 aromatic carbocycles. The summed E-state index contributed by atoms with van der Waals surface area (Å²) in [6, 6.07) is 5.68. The first kappa shape index (κ1) is 14.2. The van der Waals surface area contributed by atoms with Crippen LogP contribution >= 0.6 is 0 Å². The van der Waals surface area contributed by atoms with E-state index in [1.54, 1.807) is 0 Å². The molecule has 1 aromatic rings. The third-order valence-corrected chi connectivity index (χ3v) is 3.50. The Bertz CT molecular complexity index is 431. The number of fused-ring (bicyclic) bond motifs is 1. The van der Waals surface area contributed by atoms with Gasteiger partial charge in [-0.05, 0) is 38.0 Å². The molecule has 19 heavy (non-hydrogen) atoms. The fraction of sp³-hybridized carbons (Fsp3) is 0.600. The maximum absolute atomic E-state index is 6.17. The van der Waals surface area contributed by atoms with Crippen LogP contribution in [-0.2, 0) is 4.74 Å². The van der Waals surface area contributed by atoms with Gasteiger partial charge in [-0.3, -0.25) is 0 Å². The van der Waals surface area contributed by atoms with Crippen LogP contribution in [0.4, 0.5) is 0 Å². The summed E-state index contributed by atoms with van der Waals surface area (Å²) in [5.74, 6) is 1.56. The molecule has 0 fully saturated rings. The van der Waals surface area contributed by atoms with E-state index in [1.807, 2.05) is 18.2 Å². The van der Waals surface area contributed by atoms with E-state index in [4.69, 9.17) is 19.9 Å². The Morgan fingerprint density at radius 3 is 2.63 bits per heavy atom. The summed E-state index contributed by atoms with van der Waals surface area (Å²) in [7, 11) is 0. The van der Waals surface area contributed by atoms with Gasteiger partial charge in [0.25, 0.3) is 0 Å². The van der Waals surface area contributed by atoms with E-state index < -0.39 is 0 Å². The normalized spacial score (nSPS) is 16.2. The molecule has 106 valence electrons. The zero-order chi connectivity index (χ0) is 13.9. The average Bonchev–Trinajstić information content (AvgIpc) is 2.44. The molecule has 0 bridgehead atoms. The summed E-state index contributed by atoms with van der Waals surface area (Å²) in [6.45, 7) is 7.94. The molecule has 0 amide bonds.